The van der Waals surface area contributed by atoms with Gasteiger partial charge in [-0.2, -0.15) is 0 Å². The molecule has 0 saturated carbocycles. The molecule has 0 aliphatic carbocycles. The average Bonchev–Trinajstić information content (AvgIpc) is 2.84. The fourth-order valence-electron chi connectivity index (χ4n) is 2.59. The molecule has 4 N–H and O–H groups in total. The van der Waals surface area contributed by atoms with Crippen molar-refractivity contribution < 1.29 is 4.79 Å². The van der Waals surface area contributed by atoms with Crippen LogP contribution in [-0.2, 0) is 4.79 Å². The zero-order valence-corrected chi connectivity index (χ0v) is 14.4. The van der Waals surface area contributed by atoms with E-state index in [1.165, 1.54) is 0 Å². The van der Waals surface area contributed by atoms with E-state index in [-0.39, 0.29) is 11.9 Å². The second-order valence-electron chi connectivity index (χ2n) is 5.51. The molecule has 4 nitrogen and oxygen atoms in total. The summed E-state index contributed by atoms with van der Waals surface area (Å²) in [5.74, 6) is -0.0818. The number of fused-ring (bicyclic) bond motifs is 1. The van der Waals surface area contributed by atoms with Crippen molar-refractivity contribution in [3.05, 3.63) is 58.6 Å². The van der Waals surface area contributed by atoms with Crippen molar-refractivity contribution in [3.63, 3.8) is 0 Å². The van der Waals surface area contributed by atoms with Crippen LogP contribution in [0.4, 0.5) is 17.1 Å². The predicted molar refractivity (Wildman–Crippen MR) is 99.3 cm³/mol. The highest BCUT2D eigenvalue weighted by Crippen LogP contribution is 2.33. The number of hydrogen-bond acceptors (Lipinski definition) is 3. The number of anilines is 3. The van der Waals surface area contributed by atoms with Gasteiger partial charge in [0.1, 0.15) is 0 Å². The van der Waals surface area contributed by atoms with E-state index in [9.17, 15) is 4.79 Å². The first-order chi connectivity index (χ1) is 11.1. The van der Waals surface area contributed by atoms with Crippen molar-refractivity contribution >= 4 is 44.5 Å². The third-order valence-electron chi connectivity index (χ3n) is 3.83. The summed E-state index contributed by atoms with van der Waals surface area (Å²) in [6.45, 7) is 2.08. The van der Waals surface area contributed by atoms with Gasteiger partial charge in [-0.25, -0.2) is 0 Å². The number of nitrogens with two attached hydrogens (primary N) is 1. The zero-order valence-electron chi connectivity index (χ0n) is 12.8. The van der Waals surface area contributed by atoms with Crippen LogP contribution in [0.2, 0.25) is 0 Å². The van der Waals surface area contributed by atoms with E-state index in [2.05, 4.69) is 33.5 Å². The van der Waals surface area contributed by atoms with Gasteiger partial charge in [-0.1, -0.05) is 22.9 Å². The van der Waals surface area contributed by atoms with E-state index in [4.69, 9.17) is 5.73 Å². The number of hydrogen-bond donors (Lipinski definition) is 3. The van der Waals surface area contributed by atoms with E-state index >= 15 is 0 Å². The molecule has 1 amide bonds. The first-order valence-electron chi connectivity index (χ1n) is 7.52. The maximum Gasteiger partial charge on any atom is 0.256 e. The standard InChI is InChI=1S/C18H18BrN3O/c1-2-13(21-14-6-3-11(19)4-7-14)10-16-15-9-12(20)5-8-17(15)22-18(16)23/h3-10,13,21H,2,20H2,1H3,(H,22,23). The lowest BCUT2D eigenvalue weighted by Crippen LogP contribution is -2.17. The Morgan fingerprint density at radius 1 is 1.26 bits per heavy atom. The number of halogens is 1. The van der Waals surface area contributed by atoms with Crippen LogP contribution in [0, 0.1) is 0 Å². The van der Waals surface area contributed by atoms with E-state index in [1.54, 1.807) is 6.07 Å². The van der Waals surface area contributed by atoms with Crippen molar-refractivity contribution in [3.8, 4) is 0 Å². The SMILES string of the molecule is CCC(C=C1C(=O)Nc2ccc(N)cc21)Nc1ccc(Br)cc1. The molecule has 0 saturated heterocycles. The average molecular weight is 372 g/mol. The highest BCUT2D eigenvalue weighted by atomic mass is 79.9. The summed E-state index contributed by atoms with van der Waals surface area (Å²) in [6, 6.07) is 13.5. The van der Waals surface area contributed by atoms with Crippen LogP contribution in [0.15, 0.2) is 53.0 Å². The summed E-state index contributed by atoms with van der Waals surface area (Å²) in [5, 5.41) is 6.32. The summed E-state index contributed by atoms with van der Waals surface area (Å²) < 4.78 is 1.04. The highest BCUT2D eigenvalue weighted by Gasteiger charge is 2.25. The molecule has 0 radical (unpaired) electrons. The lowest BCUT2D eigenvalue weighted by Gasteiger charge is -2.15. The van der Waals surface area contributed by atoms with Crippen LogP contribution in [-0.4, -0.2) is 11.9 Å². The minimum atomic E-state index is -0.0818. The minimum absolute atomic E-state index is 0.0595. The van der Waals surface area contributed by atoms with Gasteiger partial charge in [0.05, 0.1) is 0 Å². The monoisotopic (exact) mass is 371 g/mol. The Morgan fingerprint density at radius 3 is 2.70 bits per heavy atom. The topological polar surface area (TPSA) is 67.2 Å². The molecule has 1 unspecified atom stereocenters. The number of carbonyl (C=O) groups excluding carboxylic acids is 1. The van der Waals surface area contributed by atoms with E-state index in [0.717, 1.165) is 27.8 Å². The first-order valence-corrected chi connectivity index (χ1v) is 8.31. The van der Waals surface area contributed by atoms with Crippen molar-refractivity contribution in [2.45, 2.75) is 19.4 Å². The number of carbonyl (C=O) groups is 1. The van der Waals surface area contributed by atoms with Crippen LogP contribution in [0.25, 0.3) is 5.57 Å². The maximum atomic E-state index is 12.2. The van der Waals surface area contributed by atoms with Crippen LogP contribution in [0.5, 0.6) is 0 Å². The van der Waals surface area contributed by atoms with Crippen LogP contribution in [0.3, 0.4) is 0 Å². The molecular weight excluding hydrogens is 354 g/mol. The molecule has 1 aliphatic rings. The van der Waals surface area contributed by atoms with Gasteiger partial charge in [0.25, 0.3) is 5.91 Å². The molecular formula is C18H18BrN3O. The summed E-state index contributed by atoms with van der Waals surface area (Å²) >= 11 is 3.43. The second-order valence-corrected chi connectivity index (χ2v) is 6.42. The normalized spacial score (nSPS) is 16.1. The van der Waals surface area contributed by atoms with Crippen molar-refractivity contribution in [2.24, 2.45) is 0 Å². The number of nitrogen functional groups attached to an aromatic ring is 1. The molecule has 5 heteroatoms. The third kappa shape index (κ3) is 3.40. The molecule has 1 aliphatic heterocycles. The fourth-order valence-corrected chi connectivity index (χ4v) is 2.86. The fraction of sp³-hybridized carbons (Fsp3) is 0.167. The van der Waals surface area contributed by atoms with Crippen molar-refractivity contribution in [1.82, 2.24) is 0 Å². The Morgan fingerprint density at radius 2 is 2.00 bits per heavy atom. The molecule has 1 heterocycles. The maximum absolute atomic E-state index is 12.2. The number of nitrogens with one attached hydrogen (secondary N) is 2. The lowest BCUT2D eigenvalue weighted by molar-refractivity contribution is -0.110. The van der Waals surface area contributed by atoms with Gasteiger partial charge in [-0.15, -0.1) is 0 Å². The Bertz CT molecular complexity index is 768. The van der Waals surface area contributed by atoms with E-state index in [1.807, 2.05) is 42.5 Å². The van der Waals surface area contributed by atoms with Gasteiger partial charge in [-0.3, -0.25) is 4.79 Å². The predicted octanol–water partition coefficient (Wildman–Crippen LogP) is 4.26. The zero-order chi connectivity index (χ0) is 16.4. The van der Waals surface area contributed by atoms with Crippen LogP contribution < -0.4 is 16.4 Å². The Hall–Kier alpha value is -2.27. The summed E-state index contributed by atoms with van der Waals surface area (Å²) in [4.78, 5) is 12.2. The van der Waals surface area contributed by atoms with Crippen molar-refractivity contribution in [1.29, 1.82) is 0 Å². The largest absolute Gasteiger partial charge is 0.399 e. The Kier molecular flexibility index (Phi) is 4.39. The van der Waals surface area contributed by atoms with Crippen molar-refractivity contribution in [2.75, 3.05) is 16.4 Å². The first kappa shape index (κ1) is 15.6. The quantitative estimate of drug-likeness (QED) is 0.555. The van der Waals surface area contributed by atoms with E-state index < -0.39 is 0 Å². The van der Waals surface area contributed by atoms with Crippen LogP contribution in [0.1, 0.15) is 18.9 Å². The van der Waals surface area contributed by atoms with Gasteiger partial charge in [0.15, 0.2) is 0 Å². The van der Waals surface area contributed by atoms with Gasteiger partial charge in [-0.05, 0) is 55.0 Å². The molecule has 118 valence electrons. The van der Waals surface area contributed by atoms with E-state index in [0.29, 0.717) is 11.3 Å². The summed E-state index contributed by atoms with van der Waals surface area (Å²) in [7, 11) is 0. The Balaban J connectivity index is 1.88. The molecule has 23 heavy (non-hydrogen) atoms. The molecule has 0 spiro atoms. The van der Waals surface area contributed by atoms with Gasteiger partial charge >= 0.3 is 0 Å². The van der Waals surface area contributed by atoms with Crippen LogP contribution >= 0.6 is 15.9 Å². The molecule has 0 bridgehead atoms. The summed E-state index contributed by atoms with van der Waals surface area (Å²) in [6.07, 6.45) is 2.84. The molecule has 1 atom stereocenters. The molecule has 0 fully saturated rings. The van der Waals surface area contributed by atoms with Gasteiger partial charge in [0, 0.05) is 38.7 Å². The molecule has 3 rings (SSSR count). The number of rotatable bonds is 4. The Labute approximate surface area is 143 Å². The third-order valence-corrected chi connectivity index (χ3v) is 4.36. The smallest absolute Gasteiger partial charge is 0.256 e. The molecule has 0 aromatic heterocycles. The molecule has 2 aromatic carbocycles. The van der Waals surface area contributed by atoms with Gasteiger partial charge in [0.2, 0.25) is 0 Å². The highest BCUT2D eigenvalue weighted by molar-refractivity contribution is 9.10. The number of amides is 1. The lowest BCUT2D eigenvalue weighted by atomic mass is 10.0. The minimum Gasteiger partial charge on any atom is -0.399 e. The second kappa shape index (κ2) is 6.46. The summed E-state index contributed by atoms with van der Waals surface area (Å²) in [5.41, 5.74) is 9.87. The van der Waals surface area contributed by atoms with Gasteiger partial charge < -0.3 is 16.4 Å². The number of benzene rings is 2. The molecule has 2 aromatic rings.